The van der Waals surface area contributed by atoms with Crippen LogP contribution in [0.15, 0.2) is 48.7 Å². The van der Waals surface area contributed by atoms with Crippen molar-refractivity contribution in [2.75, 3.05) is 58.6 Å². The average Bonchev–Trinajstić information content (AvgIpc) is 3.54. The van der Waals surface area contributed by atoms with Crippen LogP contribution in [0.2, 0.25) is 0 Å². The fraction of sp³-hybridized carbons (Fsp3) is 0.345. The molecule has 2 amide bonds. The SMILES string of the molecule is Cn1c(-c2cc(NC(=O)CC[S+](C)C)c[nH]2)nc2cc(C(=O)Nc3ccc(N(CCCl)CCCl)c(C(F)(F)F)c3)ccc21. The molecular weight excluding hydrogens is 624 g/mol. The lowest BCUT2D eigenvalue weighted by Crippen LogP contribution is -2.30. The fourth-order valence-corrected chi connectivity index (χ4v) is 5.58. The van der Waals surface area contributed by atoms with Crippen LogP contribution in [0.3, 0.4) is 0 Å². The van der Waals surface area contributed by atoms with Gasteiger partial charge in [-0.05, 0) is 53.4 Å². The van der Waals surface area contributed by atoms with Crippen molar-refractivity contribution in [1.29, 1.82) is 0 Å². The molecule has 0 saturated heterocycles. The molecular formula is C29H32Cl2F3N6O2S+. The predicted octanol–water partition coefficient (Wildman–Crippen LogP) is 6.33. The van der Waals surface area contributed by atoms with Gasteiger partial charge >= 0.3 is 6.18 Å². The van der Waals surface area contributed by atoms with Gasteiger partial charge in [0.15, 0.2) is 5.82 Å². The number of H-pyrrole nitrogens is 1. The Balaban J connectivity index is 1.55. The van der Waals surface area contributed by atoms with E-state index in [1.54, 1.807) is 30.5 Å². The lowest BCUT2D eigenvalue weighted by atomic mass is 10.1. The molecule has 0 spiro atoms. The van der Waals surface area contributed by atoms with Gasteiger partial charge in [0.05, 0.1) is 46.9 Å². The van der Waals surface area contributed by atoms with Crippen LogP contribution in [0, 0.1) is 0 Å². The van der Waals surface area contributed by atoms with Crippen LogP contribution >= 0.6 is 23.2 Å². The van der Waals surface area contributed by atoms with Crippen LogP contribution in [0.4, 0.5) is 30.2 Å². The molecule has 0 atom stereocenters. The Labute approximate surface area is 260 Å². The molecule has 0 fully saturated rings. The second-order valence-electron chi connectivity index (χ2n) is 10.0. The number of alkyl halides is 5. The Morgan fingerprint density at radius 3 is 2.40 bits per heavy atom. The molecule has 0 aliphatic heterocycles. The molecule has 230 valence electrons. The summed E-state index contributed by atoms with van der Waals surface area (Å²) in [5, 5.41) is 5.45. The van der Waals surface area contributed by atoms with E-state index in [0.717, 1.165) is 17.3 Å². The Hall–Kier alpha value is -3.35. The highest BCUT2D eigenvalue weighted by molar-refractivity contribution is 7.95. The number of amides is 2. The molecule has 3 N–H and O–H groups in total. The van der Waals surface area contributed by atoms with Gasteiger partial charge < -0.3 is 25.1 Å². The fourth-order valence-electron chi connectivity index (χ4n) is 4.57. The van der Waals surface area contributed by atoms with E-state index in [1.165, 1.54) is 17.0 Å². The van der Waals surface area contributed by atoms with Crippen LogP contribution in [-0.4, -0.2) is 69.5 Å². The largest absolute Gasteiger partial charge is 0.418 e. The second-order valence-corrected chi connectivity index (χ2v) is 13.2. The van der Waals surface area contributed by atoms with Gasteiger partial charge in [0.25, 0.3) is 5.91 Å². The third kappa shape index (κ3) is 7.98. The summed E-state index contributed by atoms with van der Waals surface area (Å²) < 4.78 is 43.8. The smallest absolute Gasteiger partial charge is 0.369 e. The summed E-state index contributed by atoms with van der Waals surface area (Å²) >= 11 is 11.6. The van der Waals surface area contributed by atoms with Crippen molar-refractivity contribution in [3.8, 4) is 11.5 Å². The van der Waals surface area contributed by atoms with Crippen molar-refractivity contribution >= 4 is 74.0 Å². The zero-order valence-electron chi connectivity index (χ0n) is 23.8. The molecule has 43 heavy (non-hydrogen) atoms. The molecule has 8 nitrogen and oxygen atoms in total. The molecule has 2 aromatic carbocycles. The van der Waals surface area contributed by atoms with E-state index in [1.807, 2.05) is 11.6 Å². The topological polar surface area (TPSA) is 95.0 Å². The number of anilines is 3. The van der Waals surface area contributed by atoms with Crippen LogP contribution in [0.25, 0.3) is 22.6 Å². The zero-order valence-corrected chi connectivity index (χ0v) is 26.1. The maximum absolute atomic E-state index is 14.0. The molecule has 2 aromatic heterocycles. The third-order valence-corrected chi connectivity index (χ3v) is 8.06. The molecule has 0 bridgehead atoms. The standard InChI is InChI=1S/C29H31Cl2F3N6O2S/c1-39-25-6-4-18(14-22(25)38-27(39)23-16-20(17-35-23)36-26(41)8-13-43(2)3)28(42)37-19-5-7-24(21(15-19)29(32,33)34)40(11-9-30)12-10-31/h4-7,14-17H,8-13H2,1-3H3,(H2-,35,36,37,38,41,42)/p+1. The molecule has 0 unspecified atom stereocenters. The van der Waals surface area contributed by atoms with Gasteiger partial charge in [-0.15, -0.1) is 23.2 Å². The first-order valence-corrected chi connectivity index (χ1v) is 16.6. The van der Waals surface area contributed by atoms with Gasteiger partial charge in [-0.25, -0.2) is 4.98 Å². The summed E-state index contributed by atoms with van der Waals surface area (Å²) in [6.07, 6.45) is 1.64. The summed E-state index contributed by atoms with van der Waals surface area (Å²) in [6, 6.07) is 10.3. The van der Waals surface area contributed by atoms with E-state index in [2.05, 4.69) is 33.1 Å². The number of fused-ring (bicyclic) bond motifs is 1. The molecule has 4 aromatic rings. The monoisotopic (exact) mass is 655 g/mol. The minimum absolute atomic E-state index is 0.00518. The summed E-state index contributed by atoms with van der Waals surface area (Å²) in [6.45, 7) is 0.373. The van der Waals surface area contributed by atoms with Crippen molar-refractivity contribution in [2.24, 2.45) is 7.05 Å². The van der Waals surface area contributed by atoms with Crippen molar-refractivity contribution in [3.63, 3.8) is 0 Å². The quantitative estimate of drug-likeness (QED) is 0.123. The number of aromatic amines is 1. The number of nitrogens with zero attached hydrogens (tertiary/aromatic N) is 3. The van der Waals surface area contributed by atoms with Gasteiger partial charge in [0, 0.05) is 55.0 Å². The molecule has 0 aliphatic rings. The summed E-state index contributed by atoms with van der Waals surface area (Å²) in [7, 11) is 2.00. The predicted molar refractivity (Wildman–Crippen MR) is 171 cm³/mol. The Morgan fingerprint density at radius 1 is 1.02 bits per heavy atom. The first-order valence-electron chi connectivity index (χ1n) is 13.3. The molecule has 2 heterocycles. The van der Waals surface area contributed by atoms with Gasteiger partial charge in [0.2, 0.25) is 5.91 Å². The molecule has 0 saturated carbocycles. The highest BCUT2D eigenvalue weighted by Gasteiger charge is 2.35. The number of benzene rings is 2. The molecule has 0 aliphatic carbocycles. The van der Waals surface area contributed by atoms with E-state index in [-0.39, 0.29) is 58.6 Å². The first-order chi connectivity index (χ1) is 20.4. The summed E-state index contributed by atoms with van der Waals surface area (Å²) in [4.78, 5) is 34.6. The number of halogens is 5. The third-order valence-electron chi connectivity index (χ3n) is 6.70. The summed E-state index contributed by atoms with van der Waals surface area (Å²) in [5.41, 5.74) is 1.82. The number of hydrogen-bond acceptors (Lipinski definition) is 4. The van der Waals surface area contributed by atoms with E-state index in [9.17, 15) is 22.8 Å². The Kier molecular flexibility index (Phi) is 10.6. The minimum Gasteiger partial charge on any atom is -0.369 e. The number of aryl methyl sites for hydroxylation is 1. The zero-order chi connectivity index (χ0) is 31.3. The normalized spacial score (nSPS) is 11.7. The average molecular weight is 657 g/mol. The number of carbonyl (C=O) groups excluding carboxylic acids is 2. The van der Waals surface area contributed by atoms with Crippen molar-refractivity contribution in [2.45, 2.75) is 12.6 Å². The van der Waals surface area contributed by atoms with Crippen LogP contribution in [0.5, 0.6) is 0 Å². The lowest BCUT2D eigenvalue weighted by Gasteiger charge is -2.27. The molecule has 0 radical (unpaired) electrons. The van der Waals surface area contributed by atoms with E-state index in [0.29, 0.717) is 29.1 Å². The second kappa shape index (κ2) is 14.0. The molecule has 4 rings (SSSR count). The Bertz CT molecular complexity index is 1600. The number of carbonyl (C=O) groups is 2. The summed E-state index contributed by atoms with van der Waals surface area (Å²) in [5.74, 6) is 1.02. The van der Waals surface area contributed by atoms with E-state index in [4.69, 9.17) is 23.2 Å². The maximum atomic E-state index is 14.0. The first kappa shape index (κ1) is 32.6. The van der Waals surface area contributed by atoms with Crippen molar-refractivity contribution in [3.05, 3.63) is 59.8 Å². The van der Waals surface area contributed by atoms with Gasteiger partial charge in [-0.2, -0.15) is 13.2 Å². The van der Waals surface area contributed by atoms with Crippen LogP contribution < -0.4 is 15.5 Å². The van der Waals surface area contributed by atoms with Crippen molar-refractivity contribution < 1.29 is 22.8 Å². The van der Waals surface area contributed by atoms with Gasteiger partial charge in [-0.3, -0.25) is 9.59 Å². The number of nitrogens with one attached hydrogen (secondary N) is 3. The Morgan fingerprint density at radius 2 is 1.74 bits per heavy atom. The van der Waals surface area contributed by atoms with Crippen molar-refractivity contribution in [1.82, 2.24) is 14.5 Å². The van der Waals surface area contributed by atoms with E-state index < -0.39 is 17.6 Å². The van der Waals surface area contributed by atoms with Gasteiger partial charge in [-0.1, -0.05) is 0 Å². The highest BCUT2D eigenvalue weighted by Crippen LogP contribution is 2.38. The maximum Gasteiger partial charge on any atom is 0.418 e. The lowest BCUT2D eigenvalue weighted by molar-refractivity contribution is -0.137. The van der Waals surface area contributed by atoms with Crippen LogP contribution in [-0.2, 0) is 28.9 Å². The van der Waals surface area contributed by atoms with E-state index >= 15 is 0 Å². The number of aromatic nitrogens is 3. The number of imidazole rings is 1. The minimum atomic E-state index is -4.66. The number of hydrogen-bond donors (Lipinski definition) is 3. The molecule has 14 heteroatoms. The van der Waals surface area contributed by atoms with Crippen LogP contribution in [0.1, 0.15) is 22.3 Å². The highest BCUT2D eigenvalue weighted by atomic mass is 35.5. The number of rotatable bonds is 12. The van der Waals surface area contributed by atoms with Gasteiger partial charge in [0.1, 0.15) is 5.75 Å².